The molecule has 3 heterocycles. The Bertz CT molecular complexity index is 1160. The third kappa shape index (κ3) is 3.35. The van der Waals surface area contributed by atoms with Crippen LogP contribution in [0.3, 0.4) is 0 Å². The maximum absolute atomic E-state index is 12.3. The smallest absolute Gasteiger partial charge is 0.272 e. The lowest BCUT2D eigenvalue weighted by Crippen LogP contribution is -2.22. The van der Waals surface area contributed by atoms with Gasteiger partial charge in [-0.3, -0.25) is 18.6 Å². The molecule has 0 saturated heterocycles. The molecule has 1 aromatic carbocycles. The third-order valence-corrected chi connectivity index (χ3v) is 5.43. The highest BCUT2D eigenvalue weighted by Crippen LogP contribution is 2.19. The molecule has 3 aromatic heterocycles. The van der Waals surface area contributed by atoms with Gasteiger partial charge in [-0.15, -0.1) is 21.5 Å². The average molecular weight is 381 g/mol. The van der Waals surface area contributed by atoms with Gasteiger partial charge in [-0.05, 0) is 23.4 Å². The van der Waals surface area contributed by atoms with E-state index >= 15 is 0 Å². The van der Waals surface area contributed by atoms with Crippen LogP contribution >= 0.6 is 11.3 Å². The zero-order valence-corrected chi connectivity index (χ0v) is 15.7. The largest absolute Gasteiger partial charge is 0.352 e. The van der Waals surface area contributed by atoms with Gasteiger partial charge >= 0.3 is 0 Å². The Morgan fingerprint density at radius 1 is 1.19 bits per heavy atom. The number of benzene rings is 1. The van der Waals surface area contributed by atoms with Crippen LogP contribution in [0.2, 0.25) is 0 Å². The molecule has 1 amide bonds. The lowest BCUT2D eigenvalue weighted by Gasteiger charge is -2.06. The number of nitrogens with zero attached hydrogens (tertiary/aromatic N) is 4. The number of aromatic nitrogens is 4. The van der Waals surface area contributed by atoms with Gasteiger partial charge in [-0.1, -0.05) is 30.3 Å². The van der Waals surface area contributed by atoms with Crippen LogP contribution in [-0.2, 0) is 24.8 Å². The Kier molecular flexibility index (Phi) is 4.72. The van der Waals surface area contributed by atoms with Crippen molar-refractivity contribution in [1.82, 2.24) is 24.5 Å². The number of aryl methyl sites for hydroxylation is 2. The number of amides is 1. The Morgan fingerprint density at radius 2 is 2.00 bits per heavy atom. The lowest BCUT2D eigenvalue weighted by molar-refractivity contribution is -0.121. The van der Waals surface area contributed by atoms with E-state index in [1.807, 2.05) is 46.2 Å². The van der Waals surface area contributed by atoms with Gasteiger partial charge in [0.2, 0.25) is 11.7 Å². The van der Waals surface area contributed by atoms with Gasteiger partial charge in [-0.2, -0.15) is 0 Å². The van der Waals surface area contributed by atoms with Gasteiger partial charge in [-0.25, -0.2) is 0 Å². The number of carbonyl (C=O) groups excluding carboxylic acids is 1. The summed E-state index contributed by atoms with van der Waals surface area (Å²) in [5.41, 5.74) is 1.84. The number of rotatable bonds is 6. The van der Waals surface area contributed by atoms with Crippen LogP contribution in [0.1, 0.15) is 24.2 Å². The fourth-order valence-electron chi connectivity index (χ4n) is 3.11. The number of fused-ring (bicyclic) bond motifs is 3. The average Bonchev–Trinajstić information content (AvgIpc) is 3.32. The summed E-state index contributed by atoms with van der Waals surface area (Å²) in [7, 11) is 1.70. The summed E-state index contributed by atoms with van der Waals surface area (Å²) in [5.74, 6) is 1.30. The van der Waals surface area contributed by atoms with Crippen LogP contribution in [0.25, 0.3) is 16.0 Å². The molecule has 138 valence electrons. The third-order valence-electron chi connectivity index (χ3n) is 4.53. The van der Waals surface area contributed by atoms with Gasteiger partial charge < -0.3 is 5.32 Å². The fraction of sp³-hybridized carbons (Fsp3) is 0.263. The highest BCUT2D eigenvalue weighted by molar-refractivity contribution is 7.17. The first-order valence-corrected chi connectivity index (χ1v) is 9.64. The summed E-state index contributed by atoms with van der Waals surface area (Å²) in [6.07, 6.45) is 1.69. The van der Waals surface area contributed by atoms with Crippen LogP contribution in [0.15, 0.2) is 46.6 Å². The van der Waals surface area contributed by atoms with E-state index in [1.54, 1.807) is 7.05 Å². The maximum Gasteiger partial charge on any atom is 0.272 e. The van der Waals surface area contributed by atoms with E-state index in [4.69, 9.17) is 0 Å². The van der Waals surface area contributed by atoms with Gasteiger partial charge in [0.05, 0.1) is 5.52 Å². The molecule has 0 radical (unpaired) electrons. The second-order valence-electron chi connectivity index (χ2n) is 6.37. The molecular formula is C19H19N5O2S. The zero-order valence-electron chi connectivity index (χ0n) is 14.9. The van der Waals surface area contributed by atoms with E-state index in [0.29, 0.717) is 36.3 Å². The van der Waals surface area contributed by atoms with E-state index < -0.39 is 0 Å². The highest BCUT2D eigenvalue weighted by atomic mass is 32.1. The minimum atomic E-state index is -0.0632. The van der Waals surface area contributed by atoms with E-state index in [-0.39, 0.29) is 11.5 Å². The summed E-state index contributed by atoms with van der Waals surface area (Å²) in [4.78, 5) is 24.4. The predicted molar refractivity (Wildman–Crippen MR) is 105 cm³/mol. The molecule has 0 unspecified atom stereocenters. The van der Waals surface area contributed by atoms with Crippen molar-refractivity contribution in [3.8, 4) is 0 Å². The molecule has 0 aliphatic heterocycles. The zero-order chi connectivity index (χ0) is 18.8. The minimum absolute atomic E-state index is 0.0146. The van der Waals surface area contributed by atoms with Crippen molar-refractivity contribution >= 4 is 33.2 Å². The first-order chi connectivity index (χ1) is 13.1. The van der Waals surface area contributed by atoms with Gasteiger partial charge in [0.25, 0.3) is 5.56 Å². The molecule has 4 rings (SSSR count). The van der Waals surface area contributed by atoms with Crippen molar-refractivity contribution < 1.29 is 4.79 Å². The summed E-state index contributed by atoms with van der Waals surface area (Å²) < 4.78 is 4.11. The molecule has 7 nitrogen and oxygen atoms in total. The van der Waals surface area contributed by atoms with Crippen molar-refractivity contribution in [2.45, 2.75) is 25.8 Å². The Hall–Kier alpha value is -3.00. The summed E-state index contributed by atoms with van der Waals surface area (Å²) >= 11 is 1.41. The normalized spacial score (nSPS) is 11.3. The van der Waals surface area contributed by atoms with Crippen molar-refractivity contribution in [2.24, 2.45) is 7.05 Å². The minimum Gasteiger partial charge on any atom is -0.352 e. The van der Waals surface area contributed by atoms with E-state index in [1.165, 1.54) is 15.9 Å². The van der Waals surface area contributed by atoms with E-state index in [0.717, 1.165) is 16.9 Å². The van der Waals surface area contributed by atoms with Gasteiger partial charge in [0.1, 0.15) is 10.5 Å². The van der Waals surface area contributed by atoms with Gasteiger partial charge in [0, 0.05) is 26.4 Å². The molecule has 0 saturated carbocycles. The first-order valence-electron chi connectivity index (χ1n) is 8.76. The van der Waals surface area contributed by atoms with Crippen molar-refractivity contribution in [2.75, 3.05) is 0 Å². The molecule has 27 heavy (non-hydrogen) atoms. The Labute approximate surface area is 159 Å². The lowest BCUT2D eigenvalue weighted by atomic mass is 10.2. The quantitative estimate of drug-likeness (QED) is 0.556. The van der Waals surface area contributed by atoms with Gasteiger partial charge in [0.15, 0.2) is 0 Å². The van der Waals surface area contributed by atoms with Crippen LogP contribution in [0.5, 0.6) is 0 Å². The molecule has 4 aromatic rings. The number of hydrogen-bond donors (Lipinski definition) is 1. The SMILES string of the molecule is Cn1c(=O)c2sccc2n2c(CCCC(=O)NCc3ccccc3)nnc12. The van der Waals surface area contributed by atoms with E-state index in [9.17, 15) is 9.59 Å². The molecule has 0 bridgehead atoms. The number of hydrogen-bond acceptors (Lipinski definition) is 5. The van der Waals surface area contributed by atoms with Crippen molar-refractivity contribution in [3.05, 3.63) is 63.5 Å². The summed E-state index contributed by atoms with van der Waals surface area (Å²) in [6, 6.07) is 11.7. The Morgan fingerprint density at radius 3 is 2.81 bits per heavy atom. The highest BCUT2D eigenvalue weighted by Gasteiger charge is 2.15. The second-order valence-corrected chi connectivity index (χ2v) is 7.28. The molecular weight excluding hydrogens is 362 g/mol. The molecule has 1 N–H and O–H groups in total. The second kappa shape index (κ2) is 7.32. The number of carbonyl (C=O) groups is 1. The van der Waals surface area contributed by atoms with Crippen LogP contribution in [-0.4, -0.2) is 25.1 Å². The number of nitrogens with one attached hydrogen (secondary N) is 1. The van der Waals surface area contributed by atoms with Crippen molar-refractivity contribution in [1.29, 1.82) is 0 Å². The monoisotopic (exact) mass is 381 g/mol. The molecule has 0 atom stereocenters. The molecule has 8 heteroatoms. The van der Waals surface area contributed by atoms with Crippen LogP contribution in [0.4, 0.5) is 0 Å². The fourth-order valence-corrected chi connectivity index (χ4v) is 3.96. The number of thiophene rings is 1. The molecule has 0 spiro atoms. The summed E-state index contributed by atoms with van der Waals surface area (Å²) in [6.45, 7) is 0.533. The van der Waals surface area contributed by atoms with Crippen molar-refractivity contribution in [3.63, 3.8) is 0 Å². The first kappa shape index (κ1) is 17.4. The molecule has 0 aliphatic carbocycles. The Balaban J connectivity index is 1.44. The maximum atomic E-state index is 12.3. The molecule has 0 aliphatic rings. The topological polar surface area (TPSA) is 81.3 Å². The van der Waals surface area contributed by atoms with E-state index in [2.05, 4.69) is 15.5 Å². The standard InChI is InChI=1S/C19H19N5O2S/c1-23-18(26)17-14(10-11-27-17)24-15(21-22-19(23)24)8-5-9-16(25)20-12-13-6-3-2-4-7-13/h2-4,6-7,10-11H,5,8-9,12H2,1H3,(H,20,25). The summed E-state index contributed by atoms with van der Waals surface area (Å²) in [5, 5.41) is 13.2. The van der Waals surface area contributed by atoms with Crippen LogP contribution in [0, 0.1) is 0 Å². The molecule has 0 fully saturated rings. The predicted octanol–water partition coefficient (Wildman–Crippen LogP) is 2.28. The van der Waals surface area contributed by atoms with Crippen LogP contribution < -0.4 is 10.9 Å².